The lowest BCUT2D eigenvalue weighted by atomic mass is 9.98. The molecular weight excluding hydrogens is 484 g/mol. The van der Waals surface area contributed by atoms with E-state index in [1.165, 1.54) is 17.8 Å². The van der Waals surface area contributed by atoms with Gasteiger partial charge in [0.05, 0.1) is 5.69 Å². The lowest BCUT2D eigenvalue weighted by Crippen LogP contribution is -2.37. The van der Waals surface area contributed by atoms with Gasteiger partial charge in [0.25, 0.3) is 0 Å². The molecule has 190 valence electrons. The van der Waals surface area contributed by atoms with Crippen LogP contribution in [0.2, 0.25) is 0 Å². The lowest BCUT2D eigenvalue weighted by Gasteiger charge is -2.22. The summed E-state index contributed by atoms with van der Waals surface area (Å²) in [4.78, 5) is 16.2. The van der Waals surface area contributed by atoms with Crippen molar-refractivity contribution in [1.29, 1.82) is 0 Å². The van der Waals surface area contributed by atoms with Gasteiger partial charge in [-0.25, -0.2) is 13.9 Å². The lowest BCUT2D eigenvalue weighted by molar-refractivity contribution is -0.152. The van der Waals surface area contributed by atoms with Gasteiger partial charge in [-0.1, -0.05) is 11.5 Å². The first-order chi connectivity index (χ1) is 16.7. The van der Waals surface area contributed by atoms with Crippen LogP contribution < -0.4 is 10.8 Å². The number of carbonyl (C=O) groups is 1. The number of hydrogen-bond donors (Lipinski definition) is 4. The molecule has 5 rings (SSSR count). The van der Waals surface area contributed by atoms with Gasteiger partial charge in [-0.2, -0.15) is 5.10 Å². The van der Waals surface area contributed by atoms with Crippen LogP contribution in [0.15, 0.2) is 18.5 Å². The van der Waals surface area contributed by atoms with Gasteiger partial charge in [0.15, 0.2) is 23.1 Å². The molecule has 2 aromatic heterocycles. The number of alkyl halides is 1. The highest BCUT2D eigenvalue weighted by Crippen LogP contribution is 2.66. The van der Waals surface area contributed by atoms with E-state index < -0.39 is 56.4 Å². The number of hydrogen-bond acceptors (Lipinski definition) is 10. The Morgan fingerprint density at radius 1 is 1.43 bits per heavy atom. The van der Waals surface area contributed by atoms with E-state index in [1.807, 2.05) is 0 Å². The highest BCUT2D eigenvalue weighted by atomic mass is 31.1. The molecule has 2 unspecified atom stereocenters. The normalized spacial score (nSPS) is 33.9. The van der Waals surface area contributed by atoms with Crippen LogP contribution in [0.25, 0.3) is 5.52 Å². The Labute approximate surface area is 200 Å². The number of rotatable bonds is 8. The van der Waals surface area contributed by atoms with Crippen molar-refractivity contribution in [1.82, 2.24) is 19.7 Å². The number of fused-ring (bicyclic) bond motifs is 2. The molecule has 5 N–H and O–H groups in total. The number of ether oxygens (including phenoxy) is 2. The molecule has 0 aromatic carbocycles. The van der Waals surface area contributed by atoms with Gasteiger partial charge in [0, 0.05) is 0 Å². The molecule has 2 aromatic rings. The molecule has 0 spiro atoms. The highest BCUT2D eigenvalue weighted by molar-refractivity contribution is 7.36. The van der Waals surface area contributed by atoms with Gasteiger partial charge in [0.1, 0.15) is 42.9 Å². The van der Waals surface area contributed by atoms with Crippen LogP contribution in [-0.4, -0.2) is 73.0 Å². The zero-order valence-electron chi connectivity index (χ0n) is 19.0. The van der Waals surface area contributed by atoms with Crippen molar-refractivity contribution in [2.75, 3.05) is 12.4 Å². The third-order valence-electron chi connectivity index (χ3n) is 7.18. The Morgan fingerprint density at radius 2 is 2.17 bits per heavy atom. The first-order valence-corrected chi connectivity index (χ1v) is 12.7. The van der Waals surface area contributed by atoms with Crippen molar-refractivity contribution in [2.45, 2.75) is 80.7 Å². The highest BCUT2D eigenvalue weighted by Gasteiger charge is 2.91. The quantitative estimate of drug-likeness (QED) is 0.295. The minimum Gasteiger partial charge on any atom is -0.461 e. The summed E-state index contributed by atoms with van der Waals surface area (Å²) >= 11 is 0. The second kappa shape index (κ2) is 8.99. The van der Waals surface area contributed by atoms with Crippen molar-refractivity contribution in [3.05, 3.63) is 24.2 Å². The van der Waals surface area contributed by atoms with Crippen LogP contribution in [0.3, 0.4) is 0 Å². The molecule has 3 aliphatic rings. The van der Waals surface area contributed by atoms with Crippen LogP contribution in [-0.2, 0) is 23.4 Å². The van der Waals surface area contributed by atoms with E-state index in [1.54, 1.807) is 12.1 Å². The number of esters is 1. The summed E-state index contributed by atoms with van der Waals surface area (Å²) in [5, 5.41) is 28.5. The van der Waals surface area contributed by atoms with Crippen molar-refractivity contribution >= 4 is 25.5 Å². The minimum atomic E-state index is -2.72. The van der Waals surface area contributed by atoms with E-state index in [2.05, 4.69) is 15.2 Å². The van der Waals surface area contributed by atoms with Crippen LogP contribution in [0, 0.1) is 0 Å². The largest absolute Gasteiger partial charge is 0.614 e. The SMILES string of the molecule is C[C@H](N[P+](=O)OC1[C@@]2(CF)O[C@@H](c3ccc4c(N)ncnn34)[C@H](O)[C@@]12O)C(=O)OC1CCCCC1. The number of nitrogens with one attached hydrogen (secondary N) is 1. The average Bonchev–Trinajstić information content (AvgIpc) is 3.10. The number of nitrogen functional groups attached to an aromatic ring is 1. The summed E-state index contributed by atoms with van der Waals surface area (Å²) in [6.07, 6.45) is 1.55. The van der Waals surface area contributed by atoms with Gasteiger partial charge >= 0.3 is 14.1 Å². The smallest absolute Gasteiger partial charge is 0.461 e. The topological polar surface area (TPSA) is 171 Å². The summed E-state index contributed by atoms with van der Waals surface area (Å²) in [7, 11) is -2.72. The minimum absolute atomic E-state index is 0.163. The molecular formula is C21H28FN5O7P+. The Bertz CT molecular complexity index is 1140. The van der Waals surface area contributed by atoms with E-state index in [9.17, 15) is 24.0 Å². The number of nitrogens with zero attached hydrogens (tertiary/aromatic N) is 3. The molecule has 2 aliphatic carbocycles. The van der Waals surface area contributed by atoms with E-state index in [0.717, 1.165) is 32.1 Å². The molecule has 0 amide bonds. The van der Waals surface area contributed by atoms with E-state index in [0.29, 0.717) is 11.2 Å². The maximum absolute atomic E-state index is 14.2. The Kier molecular flexibility index (Phi) is 6.27. The van der Waals surface area contributed by atoms with Gasteiger partial charge in [0.2, 0.25) is 0 Å². The molecule has 1 aliphatic heterocycles. The molecule has 3 heterocycles. The number of aliphatic hydroxyl groups is 2. The van der Waals surface area contributed by atoms with Gasteiger partial charge in [-0.05, 0) is 49.3 Å². The van der Waals surface area contributed by atoms with Gasteiger partial charge in [-0.15, -0.1) is 4.52 Å². The monoisotopic (exact) mass is 512 g/mol. The Balaban J connectivity index is 1.24. The first kappa shape index (κ1) is 24.4. The Morgan fingerprint density at radius 3 is 2.86 bits per heavy atom. The summed E-state index contributed by atoms with van der Waals surface area (Å²) in [6.45, 7) is 0.270. The zero-order chi connectivity index (χ0) is 25.0. The summed E-state index contributed by atoms with van der Waals surface area (Å²) < 4.78 is 44.7. The van der Waals surface area contributed by atoms with Crippen LogP contribution in [0.1, 0.15) is 50.8 Å². The molecule has 7 atom stereocenters. The molecule has 12 nitrogen and oxygen atoms in total. The summed E-state index contributed by atoms with van der Waals surface area (Å²) in [5.74, 6) is -0.375. The molecule has 0 bridgehead atoms. The molecule has 35 heavy (non-hydrogen) atoms. The number of aromatic nitrogens is 3. The molecule has 0 radical (unpaired) electrons. The van der Waals surface area contributed by atoms with Crippen molar-refractivity contribution in [3.63, 3.8) is 0 Å². The number of anilines is 1. The molecule has 3 fully saturated rings. The number of nitrogens with two attached hydrogens (primary N) is 1. The predicted molar refractivity (Wildman–Crippen MR) is 119 cm³/mol. The number of carbonyl (C=O) groups excluding carboxylic acids is 1. The second-order valence-corrected chi connectivity index (χ2v) is 10.3. The molecule has 14 heteroatoms. The van der Waals surface area contributed by atoms with E-state index in [-0.39, 0.29) is 11.9 Å². The number of aliphatic hydroxyl groups excluding tert-OH is 1. The average molecular weight is 512 g/mol. The first-order valence-electron chi connectivity index (χ1n) is 11.6. The second-order valence-electron chi connectivity index (χ2n) is 9.32. The van der Waals surface area contributed by atoms with Crippen LogP contribution >= 0.6 is 8.18 Å². The standard InChI is InChI=1S/C21H28FN5O7P/c1-11(18(29)32-12-5-3-2-4-6-12)26-35(31)34-19-20(9-22)21(19,30)16(28)15(33-20)13-7-8-14-17(23)24-10-25-27(13)14/h7-8,10-12,15-16,19,28,30H,2-6,9H2,1H3,(H,26,31)(H2,23,24,25)/q+1/t11-,15-,16-,19?,20+,21+/m0/s1. The third-order valence-corrected chi connectivity index (χ3v) is 8.18. The predicted octanol–water partition coefficient (Wildman–Crippen LogP) is 1.09. The Hall–Kier alpha value is -2.28. The van der Waals surface area contributed by atoms with Crippen molar-refractivity contribution < 1.29 is 38.0 Å². The number of halogens is 1. The molecule has 2 saturated carbocycles. The fourth-order valence-corrected chi connectivity index (χ4v) is 6.14. The fraction of sp³-hybridized carbons (Fsp3) is 0.667. The maximum Gasteiger partial charge on any atom is 0.614 e. The summed E-state index contributed by atoms with van der Waals surface area (Å²) in [6, 6.07) is 2.23. The van der Waals surface area contributed by atoms with E-state index in [4.69, 9.17) is 19.7 Å². The van der Waals surface area contributed by atoms with E-state index >= 15 is 0 Å². The maximum atomic E-state index is 14.2. The van der Waals surface area contributed by atoms with Crippen molar-refractivity contribution in [2.24, 2.45) is 0 Å². The van der Waals surface area contributed by atoms with Crippen LogP contribution in [0.5, 0.6) is 0 Å². The molecule has 1 saturated heterocycles. The third kappa shape index (κ3) is 3.81. The van der Waals surface area contributed by atoms with Gasteiger partial charge < -0.3 is 25.4 Å². The van der Waals surface area contributed by atoms with Crippen LogP contribution in [0.4, 0.5) is 10.2 Å². The van der Waals surface area contributed by atoms with Crippen molar-refractivity contribution in [3.8, 4) is 0 Å². The van der Waals surface area contributed by atoms with Gasteiger partial charge in [-0.3, -0.25) is 4.79 Å². The zero-order valence-corrected chi connectivity index (χ0v) is 19.9. The fourth-order valence-electron chi connectivity index (χ4n) is 5.13. The summed E-state index contributed by atoms with van der Waals surface area (Å²) in [5.41, 5.74) is 2.52.